The van der Waals surface area contributed by atoms with Gasteiger partial charge in [0.1, 0.15) is 23.8 Å². The molecule has 0 fully saturated rings. The number of nitrogens with one attached hydrogen (secondary N) is 1. The van der Waals surface area contributed by atoms with E-state index in [9.17, 15) is 4.39 Å². The molecule has 1 aromatic carbocycles. The Morgan fingerprint density at radius 2 is 2.05 bits per heavy atom. The Hall–Kier alpha value is -2.76. The fourth-order valence-electron chi connectivity index (χ4n) is 1.93. The molecule has 0 aliphatic rings. The van der Waals surface area contributed by atoms with Crippen LogP contribution in [-0.4, -0.2) is 15.0 Å². The van der Waals surface area contributed by atoms with Crippen molar-refractivity contribution >= 4 is 22.7 Å². The van der Waals surface area contributed by atoms with E-state index in [1.165, 1.54) is 18.5 Å². The van der Waals surface area contributed by atoms with E-state index in [1.807, 2.05) is 12.1 Å². The van der Waals surface area contributed by atoms with Gasteiger partial charge >= 0.3 is 0 Å². The Bertz CT molecular complexity index is 759. The van der Waals surface area contributed by atoms with Crippen LogP contribution in [0.1, 0.15) is 5.56 Å². The lowest BCUT2D eigenvalue weighted by Gasteiger charge is -2.08. The SMILES string of the molecule is Nc1ccc2c(NCc3cccc(F)c3)ncnc2n1. The van der Waals surface area contributed by atoms with Gasteiger partial charge in [0.2, 0.25) is 0 Å². The molecule has 5 nitrogen and oxygen atoms in total. The van der Waals surface area contributed by atoms with Crippen molar-refractivity contribution in [3.8, 4) is 0 Å². The fourth-order valence-corrected chi connectivity index (χ4v) is 1.93. The van der Waals surface area contributed by atoms with E-state index in [4.69, 9.17) is 5.73 Å². The average Bonchev–Trinajstić information content (AvgIpc) is 2.44. The number of nitrogens with two attached hydrogens (primary N) is 1. The Balaban J connectivity index is 1.87. The molecule has 3 rings (SSSR count). The number of rotatable bonds is 3. The molecule has 0 radical (unpaired) electrons. The number of benzene rings is 1. The molecule has 0 saturated carbocycles. The maximum absolute atomic E-state index is 13.1. The topological polar surface area (TPSA) is 76.7 Å². The first-order valence-corrected chi connectivity index (χ1v) is 6.08. The van der Waals surface area contributed by atoms with Gasteiger partial charge < -0.3 is 11.1 Å². The second-order valence-corrected chi connectivity index (χ2v) is 4.31. The first-order valence-electron chi connectivity index (χ1n) is 6.08. The minimum Gasteiger partial charge on any atom is -0.384 e. The van der Waals surface area contributed by atoms with E-state index in [0.29, 0.717) is 23.8 Å². The van der Waals surface area contributed by atoms with Crippen LogP contribution < -0.4 is 11.1 Å². The van der Waals surface area contributed by atoms with Gasteiger partial charge in [0.05, 0.1) is 5.39 Å². The smallest absolute Gasteiger partial charge is 0.166 e. The summed E-state index contributed by atoms with van der Waals surface area (Å²) in [5.41, 5.74) is 6.98. The highest BCUT2D eigenvalue weighted by molar-refractivity contribution is 5.86. The lowest BCUT2D eigenvalue weighted by molar-refractivity contribution is 0.626. The van der Waals surface area contributed by atoms with Gasteiger partial charge in [-0.05, 0) is 29.8 Å². The summed E-state index contributed by atoms with van der Waals surface area (Å²) in [6.07, 6.45) is 1.42. The molecule has 2 heterocycles. The van der Waals surface area contributed by atoms with Crippen LogP contribution >= 0.6 is 0 Å². The summed E-state index contributed by atoms with van der Waals surface area (Å²) in [5, 5.41) is 3.93. The molecule has 0 spiro atoms. The quantitative estimate of drug-likeness (QED) is 0.763. The monoisotopic (exact) mass is 269 g/mol. The van der Waals surface area contributed by atoms with Gasteiger partial charge in [-0.2, -0.15) is 0 Å². The average molecular weight is 269 g/mol. The standard InChI is InChI=1S/C14H12FN5/c15-10-3-1-2-9(6-10)7-17-13-11-4-5-12(16)20-14(11)19-8-18-13/h1-6,8H,7H2,(H3,16,17,18,19,20). The van der Waals surface area contributed by atoms with Crippen LogP contribution in [0.15, 0.2) is 42.7 Å². The van der Waals surface area contributed by atoms with Gasteiger partial charge in [0.15, 0.2) is 5.65 Å². The molecule has 0 unspecified atom stereocenters. The van der Waals surface area contributed by atoms with E-state index in [-0.39, 0.29) is 5.82 Å². The largest absolute Gasteiger partial charge is 0.384 e. The van der Waals surface area contributed by atoms with Crippen LogP contribution in [0.3, 0.4) is 0 Å². The zero-order valence-corrected chi connectivity index (χ0v) is 10.5. The number of hydrogen-bond acceptors (Lipinski definition) is 5. The van der Waals surface area contributed by atoms with Crippen LogP contribution in [0.4, 0.5) is 16.0 Å². The third kappa shape index (κ3) is 2.49. The molecule has 0 atom stereocenters. The van der Waals surface area contributed by atoms with Crippen LogP contribution in [0.5, 0.6) is 0 Å². The third-order valence-corrected chi connectivity index (χ3v) is 2.87. The zero-order valence-electron chi connectivity index (χ0n) is 10.5. The van der Waals surface area contributed by atoms with Crippen LogP contribution in [0.2, 0.25) is 0 Å². The Morgan fingerprint density at radius 3 is 2.90 bits per heavy atom. The second kappa shape index (κ2) is 5.08. The van der Waals surface area contributed by atoms with E-state index in [1.54, 1.807) is 12.1 Å². The van der Waals surface area contributed by atoms with Crippen molar-refractivity contribution in [2.45, 2.75) is 6.54 Å². The molecule has 100 valence electrons. The summed E-state index contributed by atoms with van der Waals surface area (Å²) in [6.45, 7) is 0.467. The van der Waals surface area contributed by atoms with Gasteiger partial charge in [-0.3, -0.25) is 0 Å². The van der Waals surface area contributed by atoms with Crippen molar-refractivity contribution in [2.75, 3.05) is 11.1 Å². The van der Waals surface area contributed by atoms with Crippen molar-refractivity contribution in [2.24, 2.45) is 0 Å². The van der Waals surface area contributed by atoms with Gasteiger partial charge in [-0.25, -0.2) is 19.3 Å². The Kier molecular flexibility index (Phi) is 3.12. The van der Waals surface area contributed by atoms with Crippen LogP contribution in [-0.2, 0) is 6.54 Å². The minimum absolute atomic E-state index is 0.258. The first kappa shape index (κ1) is 12.3. The van der Waals surface area contributed by atoms with Gasteiger partial charge in [0.25, 0.3) is 0 Å². The Morgan fingerprint density at radius 1 is 1.15 bits per heavy atom. The highest BCUT2D eigenvalue weighted by Gasteiger charge is 2.05. The molecule has 3 N–H and O–H groups in total. The summed E-state index contributed by atoms with van der Waals surface area (Å²) in [5.74, 6) is 0.797. The molecule has 0 saturated heterocycles. The molecular weight excluding hydrogens is 257 g/mol. The predicted molar refractivity (Wildman–Crippen MR) is 75.5 cm³/mol. The molecule has 0 aliphatic carbocycles. The van der Waals surface area contributed by atoms with E-state index < -0.39 is 0 Å². The summed E-state index contributed by atoms with van der Waals surface area (Å²) in [7, 11) is 0. The fraction of sp³-hybridized carbons (Fsp3) is 0.0714. The minimum atomic E-state index is -0.258. The van der Waals surface area contributed by atoms with Crippen molar-refractivity contribution < 1.29 is 4.39 Å². The summed E-state index contributed by atoms with van der Waals surface area (Å²) >= 11 is 0. The second-order valence-electron chi connectivity index (χ2n) is 4.31. The maximum Gasteiger partial charge on any atom is 0.166 e. The lowest BCUT2D eigenvalue weighted by Crippen LogP contribution is -2.03. The number of fused-ring (bicyclic) bond motifs is 1. The normalized spacial score (nSPS) is 10.7. The van der Waals surface area contributed by atoms with Crippen molar-refractivity contribution in [1.29, 1.82) is 0 Å². The van der Waals surface area contributed by atoms with E-state index in [2.05, 4.69) is 20.3 Å². The summed E-state index contributed by atoms with van der Waals surface area (Å²) < 4.78 is 13.1. The number of nitrogen functional groups attached to an aromatic ring is 1. The highest BCUT2D eigenvalue weighted by atomic mass is 19.1. The molecule has 20 heavy (non-hydrogen) atoms. The van der Waals surface area contributed by atoms with Gasteiger partial charge in [-0.1, -0.05) is 12.1 Å². The van der Waals surface area contributed by atoms with Gasteiger partial charge in [0, 0.05) is 6.54 Å². The van der Waals surface area contributed by atoms with E-state index >= 15 is 0 Å². The van der Waals surface area contributed by atoms with Crippen LogP contribution in [0.25, 0.3) is 11.0 Å². The number of nitrogens with zero attached hydrogens (tertiary/aromatic N) is 3. The number of aromatic nitrogens is 3. The number of halogens is 1. The molecule has 0 amide bonds. The molecule has 6 heteroatoms. The van der Waals surface area contributed by atoms with Crippen molar-refractivity contribution in [3.63, 3.8) is 0 Å². The molecular formula is C14H12FN5. The molecule has 0 aliphatic heterocycles. The predicted octanol–water partition coefficient (Wildman–Crippen LogP) is 2.36. The maximum atomic E-state index is 13.1. The summed E-state index contributed by atoms with van der Waals surface area (Å²) in [6, 6.07) is 9.91. The molecule has 0 bridgehead atoms. The highest BCUT2D eigenvalue weighted by Crippen LogP contribution is 2.19. The number of pyridine rings is 1. The van der Waals surface area contributed by atoms with E-state index in [0.717, 1.165) is 10.9 Å². The first-order chi connectivity index (χ1) is 9.72. The Labute approximate surface area is 114 Å². The molecule has 3 aromatic rings. The lowest BCUT2D eigenvalue weighted by atomic mass is 10.2. The number of hydrogen-bond donors (Lipinski definition) is 2. The number of anilines is 2. The molecule has 2 aromatic heterocycles. The van der Waals surface area contributed by atoms with Gasteiger partial charge in [-0.15, -0.1) is 0 Å². The van der Waals surface area contributed by atoms with Crippen LogP contribution in [0, 0.1) is 5.82 Å². The van der Waals surface area contributed by atoms with Crippen molar-refractivity contribution in [1.82, 2.24) is 15.0 Å². The third-order valence-electron chi connectivity index (χ3n) is 2.87. The summed E-state index contributed by atoms with van der Waals surface area (Å²) in [4.78, 5) is 12.4. The van der Waals surface area contributed by atoms with Crippen molar-refractivity contribution in [3.05, 3.63) is 54.1 Å². The zero-order chi connectivity index (χ0) is 13.9.